The number of ether oxygens (including phenoxy) is 1. The van der Waals surface area contributed by atoms with E-state index in [-0.39, 0.29) is 22.1 Å². The largest absolute Gasteiger partial charge is 0.481 e. The molecule has 222 valence electrons. The number of halogens is 2. The van der Waals surface area contributed by atoms with Crippen molar-refractivity contribution in [2.75, 3.05) is 6.54 Å². The summed E-state index contributed by atoms with van der Waals surface area (Å²) in [7, 11) is 0. The number of rotatable bonds is 10. The van der Waals surface area contributed by atoms with E-state index < -0.39 is 53.2 Å². The minimum absolute atomic E-state index is 0.0168. The molecule has 0 spiro atoms. The van der Waals surface area contributed by atoms with Gasteiger partial charge in [0.25, 0.3) is 5.91 Å². The van der Waals surface area contributed by atoms with Gasteiger partial charge in [-0.15, -0.1) is 0 Å². The van der Waals surface area contributed by atoms with Crippen LogP contribution in [0.25, 0.3) is 0 Å². The molecule has 2 aromatic carbocycles. The fourth-order valence-electron chi connectivity index (χ4n) is 5.66. The zero-order valence-electron chi connectivity index (χ0n) is 23.4. The van der Waals surface area contributed by atoms with Crippen molar-refractivity contribution in [2.24, 2.45) is 5.41 Å². The quantitative estimate of drug-likeness (QED) is 0.298. The Bertz CT molecular complexity index is 1560. The lowest BCUT2D eigenvalue weighted by molar-refractivity contribution is -0.156. The van der Waals surface area contributed by atoms with Crippen molar-refractivity contribution in [2.45, 2.75) is 58.5 Å². The number of amides is 2. The molecule has 1 fully saturated rings. The van der Waals surface area contributed by atoms with E-state index >= 15 is 0 Å². The van der Waals surface area contributed by atoms with Crippen LogP contribution in [0.4, 0.5) is 4.39 Å². The van der Waals surface area contributed by atoms with Crippen molar-refractivity contribution in [3.8, 4) is 11.5 Å². The van der Waals surface area contributed by atoms with Crippen LogP contribution in [0.15, 0.2) is 53.3 Å². The molecule has 2 heterocycles. The van der Waals surface area contributed by atoms with Crippen LogP contribution in [0.3, 0.4) is 0 Å². The Hall–Kier alpha value is -4.25. The Kier molecular flexibility index (Phi) is 9.30. The van der Waals surface area contributed by atoms with Gasteiger partial charge in [0.15, 0.2) is 5.75 Å². The first-order valence-corrected chi connectivity index (χ1v) is 14.0. The Morgan fingerprint density at radius 2 is 1.88 bits per heavy atom. The molecule has 2 atom stereocenters. The summed E-state index contributed by atoms with van der Waals surface area (Å²) in [6.45, 7) is 4.82. The molecule has 4 rings (SSSR count). The maximum Gasteiger partial charge on any atom is 0.311 e. The van der Waals surface area contributed by atoms with Crippen molar-refractivity contribution < 1.29 is 28.6 Å². The average Bonchev–Trinajstić information content (AvgIpc) is 3.41. The summed E-state index contributed by atoms with van der Waals surface area (Å²) in [4.78, 5) is 52.6. The highest BCUT2D eigenvalue weighted by atomic mass is 35.5. The summed E-state index contributed by atoms with van der Waals surface area (Å²) in [5, 5.41) is 19.0. The maximum absolute atomic E-state index is 14.1. The molecule has 3 aromatic rings. The third kappa shape index (κ3) is 6.15. The van der Waals surface area contributed by atoms with Crippen LogP contribution < -0.4 is 15.6 Å². The molecular weight excluding hydrogens is 567 g/mol. The van der Waals surface area contributed by atoms with Crippen LogP contribution in [0.1, 0.15) is 67.2 Å². The molecule has 10 nitrogen and oxygen atoms in total. The average molecular weight is 599 g/mol. The molecule has 1 aliphatic rings. The molecule has 1 saturated heterocycles. The smallest absolute Gasteiger partial charge is 0.311 e. The molecule has 0 unspecified atom stereocenters. The molecule has 3 N–H and O–H groups in total. The van der Waals surface area contributed by atoms with E-state index in [2.05, 4.69) is 15.5 Å². The number of nitrogens with one attached hydrogen (secondary N) is 2. The number of hydrogen-bond donors (Lipinski definition) is 3. The highest BCUT2D eigenvalue weighted by Gasteiger charge is 2.52. The summed E-state index contributed by atoms with van der Waals surface area (Å²) < 4.78 is 19.7. The second-order valence-electron chi connectivity index (χ2n) is 10.3. The van der Waals surface area contributed by atoms with Gasteiger partial charge in [-0.05, 0) is 68.5 Å². The Morgan fingerprint density at radius 3 is 2.52 bits per heavy atom. The van der Waals surface area contributed by atoms with Crippen LogP contribution in [0, 0.1) is 18.2 Å². The van der Waals surface area contributed by atoms with Crippen molar-refractivity contribution in [1.29, 1.82) is 0 Å². The first-order chi connectivity index (χ1) is 20.0. The molecular formula is C30H32ClFN4O6. The number of aliphatic carboxylic acids is 1. The molecule has 0 bridgehead atoms. The Labute approximate surface area is 246 Å². The Balaban J connectivity index is 1.54. The first-order valence-electron chi connectivity index (χ1n) is 13.6. The minimum Gasteiger partial charge on any atom is -0.481 e. The standard InChI is InChI=1S/C30H32ClFN4O6/c1-4-30(5-2,29(40)41)25-12-10-22(18-7-6-8-20(32)14-18)36(25)26(37)16-33-27(38)19-9-11-23(21(31)15-19)42-24-13-17(3)34-35-28(24)39/h6-9,11,13-15,22,25H,4-5,10,12,16H2,1-3H3,(H,33,38)(H,35,39)(H,40,41)/t22-,25+/m0/s1. The van der Waals surface area contributed by atoms with Crippen LogP contribution in [0.2, 0.25) is 5.02 Å². The number of hydrogen-bond acceptors (Lipinski definition) is 6. The minimum atomic E-state index is -1.19. The van der Waals surface area contributed by atoms with Gasteiger partial charge in [-0.3, -0.25) is 19.2 Å². The van der Waals surface area contributed by atoms with Gasteiger partial charge in [0.1, 0.15) is 11.6 Å². The van der Waals surface area contributed by atoms with Gasteiger partial charge in [-0.25, -0.2) is 9.49 Å². The van der Waals surface area contributed by atoms with E-state index in [4.69, 9.17) is 16.3 Å². The molecule has 0 aliphatic carbocycles. The van der Waals surface area contributed by atoms with Gasteiger partial charge in [0.2, 0.25) is 5.91 Å². The number of benzene rings is 2. The number of likely N-dealkylation sites (tertiary alicyclic amines) is 1. The number of carboxylic acids is 1. The van der Waals surface area contributed by atoms with E-state index in [1.165, 1.54) is 41.3 Å². The molecule has 0 saturated carbocycles. The number of H-pyrrole nitrogens is 1. The predicted octanol–water partition coefficient (Wildman–Crippen LogP) is 5.02. The van der Waals surface area contributed by atoms with Crippen molar-refractivity contribution in [1.82, 2.24) is 20.4 Å². The molecule has 1 aromatic heterocycles. The summed E-state index contributed by atoms with van der Waals surface area (Å²) in [6.07, 6.45) is 1.48. The zero-order valence-corrected chi connectivity index (χ0v) is 24.2. The number of carbonyl (C=O) groups excluding carboxylic acids is 2. The van der Waals surface area contributed by atoms with Gasteiger partial charge >= 0.3 is 11.5 Å². The number of aryl methyl sites for hydroxylation is 1. The molecule has 1 aliphatic heterocycles. The number of nitrogens with zero attached hydrogens (tertiary/aromatic N) is 2. The lowest BCUT2D eigenvalue weighted by atomic mass is 9.74. The third-order valence-corrected chi connectivity index (χ3v) is 8.24. The zero-order chi connectivity index (χ0) is 30.6. The molecule has 12 heteroatoms. The second kappa shape index (κ2) is 12.7. The Morgan fingerprint density at radius 1 is 1.14 bits per heavy atom. The van der Waals surface area contributed by atoms with E-state index in [9.17, 15) is 28.7 Å². The van der Waals surface area contributed by atoms with Crippen molar-refractivity contribution in [3.05, 3.63) is 86.5 Å². The highest BCUT2D eigenvalue weighted by Crippen LogP contribution is 2.46. The van der Waals surface area contributed by atoms with Gasteiger partial charge in [0.05, 0.1) is 28.7 Å². The number of carbonyl (C=O) groups is 3. The van der Waals surface area contributed by atoms with E-state index in [1.54, 1.807) is 32.9 Å². The van der Waals surface area contributed by atoms with Crippen LogP contribution in [-0.2, 0) is 9.59 Å². The van der Waals surface area contributed by atoms with Gasteiger partial charge in [-0.1, -0.05) is 37.6 Å². The van der Waals surface area contributed by atoms with Gasteiger partial charge in [0, 0.05) is 17.7 Å². The van der Waals surface area contributed by atoms with E-state index in [0.29, 0.717) is 36.9 Å². The highest BCUT2D eigenvalue weighted by molar-refractivity contribution is 6.32. The summed E-state index contributed by atoms with van der Waals surface area (Å²) in [5.74, 6) is -2.41. The number of aromatic amines is 1. The SMILES string of the molecule is CCC(CC)(C(=O)O)[C@H]1CC[C@@H](c2cccc(F)c2)N1C(=O)CNC(=O)c1ccc(Oc2cc(C)n[nH]c2=O)c(Cl)c1. The lowest BCUT2D eigenvalue weighted by Crippen LogP contribution is -2.53. The van der Waals surface area contributed by atoms with Crippen LogP contribution in [0.5, 0.6) is 11.5 Å². The lowest BCUT2D eigenvalue weighted by Gasteiger charge is -2.41. The fraction of sp³-hybridized carbons (Fsp3) is 0.367. The van der Waals surface area contributed by atoms with Crippen LogP contribution in [-0.4, -0.2) is 50.6 Å². The number of carboxylic acid groups (broad SMARTS) is 1. The van der Waals surface area contributed by atoms with E-state index in [0.717, 1.165) is 0 Å². The van der Waals surface area contributed by atoms with E-state index in [1.807, 2.05) is 0 Å². The predicted molar refractivity (Wildman–Crippen MR) is 153 cm³/mol. The van der Waals surface area contributed by atoms with Gasteiger partial charge in [-0.2, -0.15) is 5.10 Å². The molecule has 0 radical (unpaired) electrons. The van der Waals surface area contributed by atoms with Crippen molar-refractivity contribution >= 4 is 29.4 Å². The number of aromatic nitrogens is 2. The summed E-state index contributed by atoms with van der Waals surface area (Å²) >= 11 is 6.32. The maximum atomic E-state index is 14.1. The second-order valence-corrected chi connectivity index (χ2v) is 10.7. The van der Waals surface area contributed by atoms with Crippen molar-refractivity contribution in [3.63, 3.8) is 0 Å². The fourth-order valence-corrected chi connectivity index (χ4v) is 5.88. The van der Waals surface area contributed by atoms with Crippen LogP contribution >= 0.6 is 11.6 Å². The summed E-state index contributed by atoms with van der Waals surface area (Å²) in [5.41, 5.74) is -0.511. The third-order valence-electron chi connectivity index (χ3n) is 7.94. The molecule has 2 amide bonds. The normalized spacial score (nSPS) is 16.7. The first kappa shape index (κ1) is 30.7. The summed E-state index contributed by atoms with van der Waals surface area (Å²) in [6, 6.07) is 10.4. The monoisotopic (exact) mass is 598 g/mol. The molecule has 42 heavy (non-hydrogen) atoms. The van der Waals surface area contributed by atoms with Gasteiger partial charge < -0.3 is 20.1 Å². The topological polar surface area (TPSA) is 142 Å².